The van der Waals surface area contributed by atoms with Gasteiger partial charge in [-0.2, -0.15) is 0 Å². The summed E-state index contributed by atoms with van der Waals surface area (Å²) in [6.45, 7) is 0. The number of nitrogens with two attached hydrogens (primary N) is 1. The number of aromatic nitrogens is 1. The number of thiazole rings is 1. The monoisotopic (exact) mass is 437 g/mol. The standard InChI is InChI=1S/C15H11BrN4S.BrH/c16-11-7-4-8-12(9-11)19-20-14-13(18-15(17)21-14)10-5-2-1-3-6-10;/h1-9H,(H2,17,18);1H/p-1. The summed E-state index contributed by atoms with van der Waals surface area (Å²) in [7, 11) is 0. The van der Waals surface area contributed by atoms with Gasteiger partial charge in [-0.25, -0.2) is 4.98 Å². The maximum atomic E-state index is 5.81. The summed E-state index contributed by atoms with van der Waals surface area (Å²) in [5.74, 6) is 0. The highest BCUT2D eigenvalue weighted by Gasteiger charge is 2.11. The van der Waals surface area contributed by atoms with Gasteiger partial charge in [0.1, 0.15) is 5.69 Å². The molecule has 2 N–H and O–H groups in total. The molecule has 0 radical (unpaired) electrons. The van der Waals surface area contributed by atoms with Crippen LogP contribution in [-0.4, -0.2) is 4.98 Å². The fraction of sp³-hybridized carbons (Fsp3) is 0. The molecule has 112 valence electrons. The smallest absolute Gasteiger partial charge is 0.182 e. The zero-order chi connectivity index (χ0) is 14.7. The average Bonchev–Trinajstić information content (AvgIpc) is 2.87. The molecule has 22 heavy (non-hydrogen) atoms. The predicted molar refractivity (Wildman–Crippen MR) is 90.3 cm³/mol. The highest BCUT2D eigenvalue weighted by atomic mass is 79.9. The van der Waals surface area contributed by atoms with E-state index >= 15 is 0 Å². The van der Waals surface area contributed by atoms with Gasteiger partial charge < -0.3 is 22.7 Å². The van der Waals surface area contributed by atoms with Crippen LogP contribution in [0, 0.1) is 0 Å². The molecule has 0 amide bonds. The molecule has 1 heterocycles. The summed E-state index contributed by atoms with van der Waals surface area (Å²) in [5.41, 5.74) is 8.32. The molecule has 0 saturated carbocycles. The summed E-state index contributed by atoms with van der Waals surface area (Å²) in [6, 6.07) is 17.5. The molecule has 0 fully saturated rings. The zero-order valence-electron chi connectivity index (χ0n) is 11.3. The molecule has 0 atom stereocenters. The molecule has 0 spiro atoms. The maximum Gasteiger partial charge on any atom is 0.182 e. The van der Waals surface area contributed by atoms with Crippen molar-refractivity contribution < 1.29 is 17.0 Å². The van der Waals surface area contributed by atoms with Gasteiger partial charge in [-0.05, 0) is 18.2 Å². The van der Waals surface area contributed by atoms with Gasteiger partial charge in [0.15, 0.2) is 10.1 Å². The molecular weight excluding hydrogens is 428 g/mol. The van der Waals surface area contributed by atoms with Crippen molar-refractivity contribution >= 4 is 43.1 Å². The van der Waals surface area contributed by atoms with Crippen LogP contribution in [0.1, 0.15) is 0 Å². The first-order valence-electron chi connectivity index (χ1n) is 6.21. The van der Waals surface area contributed by atoms with Gasteiger partial charge in [0, 0.05) is 10.0 Å². The Labute approximate surface area is 151 Å². The normalized spacial score (nSPS) is 10.6. The number of azo groups is 1. The van der Waals surface area contributed by atoms with E-state index in [-0.39, 0.29) is 17.0 Å². The first kappa shape index (κ1) is 16.8. The number of nitrogen functional groups attached to an aromatic ring is 1. The Balaban J connectivity index is 0.00000176. The molecule has 0 bridgehead atoms. The van der Waals surface area contributed by atoms with Gasteiger partial charge in [0.25, 0.3) is 0 Å². The third kappa shape index (κ3) is 4.00. The lowest BCUT2D eigenvalue weighted by Gasteiger charge is -1.97. The molecule has 3 aromatic rings. The van der Waals surface area contributed by atoms with E-state index in [1.54, 1.807) is 0 Å². The van der Waals surface area contributed by atoms with Gasteiger partial charge in [-0.1, -0.05) is 63.7 Å². The van der Waals surface area contributed by atoms with Crippen molar-refractivity contribution in [1.29, 1.82) is 0 Å². The number of halogens is 2. The lowest BCUT2D eigenvalue weighted by Crippen LogP contribution is -3.00. The molecule has 2 aromatic carbocycles. The third-order valence-corrected chi connectivity index (χ3v) is 4.00. The summed E-state index contributed by atoms with van der Waals surface area (Å²) in [6.07, 6.45) is 0. The lowest BCUT2D eigenvalue weighted by molar-refractivity contribution is -0.00000409. The molecule has 1 aromatic heterocycles. The summed E-state index contributed by atoms with van der Waals surface area (Å²) >= 11 is 4.74. The lowest BCUT2D eigenvalue weighted by atomic mass is 10.2. The molecular formula is C15H11Br2N4S-. The Morgan fingerprint density at radius 2 is 1.77 bits per heavy atom. The van der Waals surface area contributed by atoms with E-state index in [4.69, 9.17) is 5.73 Å². The van der Waals surface area contributed by atoms with Crippen LogP contribution in [0.15, 0.2) is 69.3 Å². The van der Waals surface area contributed by atoms with E-state index in [9.17, 15) is 0 Å². The van der Waals surface area contributed by atoms with Crippen molar-refractivity contribution in [2.24, 2.45) is 10.2 Å². The summed E-state index contributed by atoms with van der Waals surface area (Å²) < 4.78 is 0.964. The van der Waals surface area contributed by atoms with Crippen LogP contribution >= 0.6 is 27.3 Å². The van der Waals surface area contributed by atoms with Crippen LogP contribution in [0.25, 0.3) is 11.3 Å². The second-order valence-electron chi connectivity index (χ2n) is 4.25. The van der Waals surface area contributed by atoms with Gasteiger partial charge >= 0.3 is 0 Å². The molecule has 0 unspecified atom stereocenters. The van der Waals surface area contributed by atoms with Crippen LogP contribution in [0.3, 0.4) is 0 Å². The molecule has 4 nitrogen and oxygen atoms in total. The molecule has 0 aliphatic heterocycles. The minimum atomic E-state index is 0. The van der Waals surface area contributed by atoms with Crippen molar-refractivity contribution in [3.8, 4) is 11.3 Å². The van der Waals surface area contributed by atoms with Gasteiger partial charge in [0.2, 0.25) is 0 Å². The minimum Gasteiger partial charge on any atom is -1.00 e. The highest BCUT2D eigenvalue weighted by Crippen LogP contribution is 2.37. The Morgan fingerprint density at radius 1 is 1.00 bits per heavy atom. The Hall–Kier alpha value is -1.57. The van der Waals surface area contributed by atoms with Crippen molar-refractivity contribution in [1.82, 2.24) is 4.98 Å². The van der Waals surface area contributed by atoms with E-state index in [1.165, 1.54) is 11.3 Å². The van der Waals surface area contributed by atoms with E-state index in [0.717, 1.165) is 21.4 Å². The topological polar surface area (TPSA) is 63.6 Å². The number of benzene rings is 2. The fourth-order valence-electron chi connectivity index (χ4n) is 1.82. The van der Waals surface area contributed by atoms with Crippen molar-refractivity contribution in [2.75, 3.05) is 5.73 Å². The van der Waals surface area contributed by atoms with E-state index in [2.05, 4.69) is 31.1 Å². The van der Waals surface area contributed by atoms with Crippen molar-refractivity contribution in [2.45, 2.75) is 0 Å². The quantitative estimate of drug-likeness (QED) is 0.638. The SMILES string of the molecule is Nc1nc(-c2ccccc2)c(N=Nc2cccc(Br)c2)s1.[Br-]. The highest BCUT2D eigenvalue weighted by molar-refractivity contribution is 9.10. The number of hydrogen-bond acceptors (Lipinski definition) is 5. The third-order valence-electron chi connectivity index (χ3n) is 2.74. The Bertz CT molecular complexity index is 787. The van der Waals surface area contributed by atoms with Gasteiger partial charge in [-0.15, -0.1) is 10.2 Å². The molecule has 0 saturated heterocycles. The van der Waals surface area contributed by atoms with Crippen LogP contribution < -0.4 is 22.7 Å². The van der Waals surface area contributed by atoms with E-state index in [1.807, 2.05) is 54.6 Å². The number of rotatable bonds is 3. The number of hydrogen-bond donors (Lipinski definition) is 1. The fourth-order valence-corrected chi connectivity index (χ4v) is 2.89. The van der Waals surface area contributed by atoms with Gasteiger partial charge in [-0.3, -0.25) is 0 Å². The average molecular weight is 439 g/mol. The Kier molecular flexibility index (Phi) is 5.82. The number of nitrogens with zero attached hydrogens (tertiary/aromatic N) is 3. The summed E-state index contributed by atoms with van der Waals surface area (Å²) in [4.78, 5) is 4.34. The molecule has 0 aliphatic rings. The van der Waals surface area contributed by atoms with Crippen molar-refractivity contribution in [3.63, 3.8) is 0 Å². The van der Waals surface area contributed by atoms with Crippen LogP contribution in [0.4, 0.5) is 15.8 Å². The molecule has 3 rings (SSSR count). The van der Waals surface area contributed by atoms with E-state index < -0.39 is 0 Å². The molecule has 0 aliphatic carbocycles. The first-order chi connectivity index (χ1) is 10.2. The van der Waals surface area contributed by atoms with Crippen LogP contribution in [0.2, 0.25) is 0 Å². The maximum absolute atomic E-state index is 5.81. The first-order valence-corrected chi connectivity index (χ1v) is 7.82. The molecule has 7 heteroatoms. The van der Waals surface area contributed by atoms with E-state index in [0.29, 0.717) is 10.1 Å². The second kappa shape index (κ2) is 7.62. The number of anilines is 1. The van der Waals surface area contributed by atoms with Crippen LogP contribution in [-0.2, 0) is 0 Å². The predicted octanol–water partition coefficient (Wildman–Crippen LogP) is 2.57. The van der Waals surface area contributed by atoms with Crippen molar-refractivity contribution in [3.05, 3.63) is 59.1 Å². The van der Waals surface area contributed by atoms with Crippen LogP contribution in [0.5, 0.6) is 0 Å². The Morgan fingerprint density at radius 3 is 2.50 bits per heavy atom. The minimum absolute atomic E-state index is 0. The van der Waals surface area contributed by atoms with Gasteiger partial charge in [0.05, 0.1) is 5.69 Å². The second-order valence-corrected chi connectivity index (χ2v) is 6.18. The zero-order valence-corrected chi connectivity index (χ0v) is 15.3. The summed E-state index contributed by atoms with van der Waals surface area (Å²) in [5, 5.41) is 9.73. The largest absolute Gasteiger partial charge is 1.00 e.